The molecule has 4 nitrogen and oxygen atoms in total. The van der Waals surface area contributed by atoms with E-state index >= 15 is 0 Å². The van der Waals surface area contributed by atoms with Crippen molar-refractivity contribution in [3.8, 4) is 22.6 Å². The minimum Gasteiger partial charge on any atom is -0.358 e. The van der Waals surface area contributed by atoms with Gasteiger partial charge in [0, 0.05) is 48.9 Å². The van der Waals surface area contributed by atoms with E-state index in [2.05, 4.69) is 155 Å². The Morgan fingerprint density at radius 3 is 1.94 bits per heavy atom. The third-order valence-corrected chi connectivity index (χ3v) is 10.2. The van der Waals surface area contributed by atoms with Crippen molar-refractivity contribution in [2.75, 3.05) is 5.32 Å². The average molecular weight is 863 g/mol. The van der Waals surface area contributed by atoms with Gasteiger partial charge in [-0.3, -0.25) is 4.98 Å². The first-order valence-corrected chi connectivity index (χ1v) is 18.2. The zero-order valence-corrected chi connectivity index (χ0v) is 34.8. The maximum atomic E-state index is 5.24. The second-order valence-electron chi connectivity index (χ2n) is 17.8. The smallest absolute Gasteiger partial charge is 0.130 e. The van der Waals surface area contributed by atoms with Crippen molar-refractivity contribution in [1.82, 2.24) is 15.0 Å². The number of pyridine rings is 3. The van der Waals surface area contributed by atoms with E-state index in [9.17, 15) is 0 Å². The number of thiophene rings is 1. The summed E-state index contributed by atoms with van der Waals surface area (Å²) in [5.74, 6) is 0.777. The number of benzene rings is 2. The molecule has 0 fully saturated rings. The summed E-state index contributed by atoms with van der Waals surface area (Å²) in [4.78, 5) is 15.0. The zero-order valence-electron chi connectivity index (χ0n) is 31.7. The van der Waals surface area contributed by atoms with Crippen molar-refractivity contribution in [2.45, 2.75) is 106 Å². The van der Waals surface area contributed by atoms with E-state index < -0.39 is 0 Å². The first kappa shape index (κ1) is 37.8. The molecule has 0 aliphatic rings. The van der Waals surface area contributed by atoms with Crippen molar-refractivity contribution in [1.29, 1.82) is 0 Å². The molecule has 0 radical (unpaired) electrons. The summed E-state index contributed by atoms with van der Waals surface area (Å²) in [6, 6.07) is 25.8. The number of nitrogens with zero attached hydrogens (tertiary/aromatic N) is 3. The van der Waals surface area contributed by atoms with Crippen molar-refractivity contribution in [3.63, 3.8) is 0 Å². The fraction of sp³-hybridized carbons (Fsp3) is 0.386. The maximum absolute atomic E-state index is 5.24. The van der Waals surface area contributed by atoms with Crippen LogP contribution in [0.4, 0.5) is 11.5 Å². The molecule has 264 valence electrons. The predicted molar refractivity (Wildman–Crippen MR) is 211 cm³/mol. The Bertz CT molecular complexity index is 2170. The fourth-order valence-corrected chi connectivity index (χ4v) is 7.45. The van der Waals surface area contributed by atoms with Crippen LogP contribution in [0.25, 0.3) is 42.8 Å². The summed E-state index contributed by atoms with van der Waals surface area (Å²) < 4.78 is 2.46. The number of anilines is 2. The Morgan fingerprint density at radius 2 is 1.28 bits per heavy atom. The fourth-order valence-electron chi connectivity index (χ4n) is 6.19. The Labute approximate surface area is 317 Å². The SMILES string of the molecule is CC(C)(C)Cc1ccc2c(c1)sc1c(-c3cc(C(C)(C)C)cc(Nc4[c-]c(-c5cc(C(C)(C)C)ccn5)cc(C(C)(C)C)c4)n3)nccc12.[Pt]. The van der Waals surface area contributed by atoms with Gasteiger partial charge in [-0.1, -0.05) is 101 Å². The molecular formula is C44H51N4PtS-. The standard InChI is InChI=1S/C44H51N4S.Pt/c1-41(2,3)26-27-13-14-33-34-16-18-46-39(40(34)49-37(33)19-27)36-24-31(44(10,11)12)25-38(48-36)47-32-21-28(20-30(22-32)43(7,8)9)35-23-29(15-17-45-35)42(4,5)6;/h13-20,22-25H,26H2,1-12H3,(H,47,48);/q-1;. The molecule has 0 aliphatic heterocycles. The minimum atomic E-state index is -0.0938. The van der Waals surface area contributed by atoms with Gasteiger partial charge in [0.15, 0.2) is 0 Å². The van der Waals surface area contributed by atoms with Gasteiger partial charge in [-0.25, -0.2) is 4.98 Å². The van der Waals surface area contributed by atoms with Gasteiger partial charge < -0.3 is 10.3 Å². The van der Waals surface area contributed by atoms with Crippen LogP contribution < -0.4 is 5.32 Å². The van der Waals surface area contributed by atoms with Gasteiger partial charge in [0.05, 0.1) is 10.4 Å². The second kappa shape index (κ2) is 13.6. The van der Waals surface area contributed by atoms with E-state index in [1.807, 2.05) is 23.7 Å². The molecule has 6 aromatic rings. The average Bonchev–Trinajstić information content (AvgIpc) is 3.36. The molecule has 6 rings (SSSR count). The Morgan fingerprint density at radius 1 is 0.640 bits per heavy atom. The number of hydrogen-bond donors (Lipinski definition) is 1. The van der Waals surface area contributed by atoms with Crippen LogP contribution >= 0.6 is 11.3 Å². The molecular weight excluding hydrogens is 812 g/mol. The first-order valence-electron chi connectivity index (χ1n) is 17.4. The van der Waals surface area contributed by atoms with Crippen LogP contribution in [-0.2, 0) is 43.7 Å². The number of nitrogens with one attached hydrogen (secondary N) is 1. The van der Waals surface area contributed by atoms with Crippen LogP contribution in [0.2, 0.25) is 0 Å². The van der Waals surface area contributed by atoms with Gasteiger partial charge in [-0.05, 0) is 86.5 Å². The van der Waals surface area contributed by atoms with Crippen molar-refractivity contribution < 1.29 is 21.1 Å². The third-order valence-electron chi connectivity index (χ3n) is 9.02. The molecule has 0 bridgehead atoms. The molecule has 0 aliphatic carbocycles. The van der Waals surface area contributed by atoms with Gasteiger partial charge in [-0.15, -0.1) is 40.7 Å². The summed E-state index contributed by atoms with van der Waals surface area (Å²) in [5.41, 5.74) is 9.66. The Balaban J connectivity index is 0.00000486. The van der Waals surface area contributed by atoms with Crippen LogP contribution in [0.5, 0.6) is 0 Å². The molecule has 1 N–H and O–H groups in total. The number of hydrogen-bond acceptors (Lipinski definition) is 5. The van der Waals surface area contributed by atoms with Crippen molar-refractivity contribution >= 4 is 43.0 Å². The first-order chi connectivity index (χ1) is 22.7. The topological polar surface area (TPSA) is 50.7 Å². The summed E-state index contributed by atoms with van der Waals surface area (Å²) in [7, 11) is 0. The molecule has 4 heterocycles. The Hall–Kier alpha value is -3.40. The van der Waals surface area contributed by atoms with Crippen LogP contribution in [0.1, 0.15) is 105 Å². The monoisotopic (exact) mass is 862 g/mol. The molecule has 50 heavy (non-hydrogen) atoms. The summed E-state index contributed by atoms with van der Waals surface area (Å²) in [6.45, 7) is 27.1. The molecule has 0 amide bonds. The number of rotatable bonds is 5. The molecule has 0 spiro atoms. The van der Waals surface area contributed by atoms with Gasteiger partial charge >= 0.3 is 0 Å². The largest absolute Gasteiger partial charge is 0.358 e. The van der Waals surface area contributed by atoms with Crippen LogP contribution in [0.15, 0.2) is 73.1 Å². The van der Waals surface area contributed by atoms with E-state index in [1.165, 1.54) is 42.4 Å². The third kappa shape index (κ3) is 8.38. The molecule has 0 saturated heterocycles. The molecule has 4 aromatic heterocycles. The van der Waals surface area contributed by atoms with Crippen molar-refractivity contribution in [2.24, 2.45) is 5.41 Å². The van der Waals surface area contributed by atoms with E-state index in [4.69, 9.17) is 15.0 Å². The summed E-state index contributed by atoms with van der Waals surface area (Å²) in [6.07, 6.45) is 4.88. The number of aromatic nitrogens is 3. The summed E-state index contributed by atoms with van der Waals surface area (Å²) >= 11 is 1.82. The molecule has 2 aromatic carbocycles. The normalized spacial score (nSPS) is 12.7. The van der Waals surface area contributed by atoms with Gasteiger partial charge in [-0.2, -0.15) is 0 Å². The van der Waals surface area contributed by atoms with Gasteiger partial charge in [0.25, 0.3) is 0 Å². The maximum Gasteiger partial charge on any atom is 0.130 e. The second-order valence-corrected chi connectivity index (χ2v) is 18.9. The Kier molecular flexibility index (Phi) is 10.3. The summed E-state index contributed by atoms with van der Waals surface area (Å²) in [5, 5.41) is 6.18. The van der Waals surface area contributed by atoms with Crippen LogP contribution in [0, 0.1) is 11.5 Å². The van der Waals surface area contributed by atoms with Gasteiger partial charge in [0.1, 0.15) is 11.5 Å². The van der Waals surface area contributed by atoms with Crippen LogP contribution in [-0.4, -0.2) is 15.0 Å². The minimum absolute atomic E-state index is 0. The quantitative estimate of drug-likeness (QED) is 0.175. The van der Waals surface area contributed by atoms with E-state index in [0.29, 0.717) is 0 Å². The predicted octanol–water partition coefficient (Wildman–Crippen LogP) is 12.6. The number of fused-ring (bicyclic) bond motifs is 3. The van der Waals surface area contributed by atoms with E-state index in [0.717, 1.165) is 40.6 Å². The molecule has 0 atom stereocenters. The van der Waals surface area contributed by atoms with Gasteiger partial charge in [0.2, 0.25) is 0 Å². The molecule has 0 unspecified atom stereocenters. The molecule has 0 saturated carbocycles. The van der Waals surface area contributed by atoms with E-state index in [-0.39, 0.29) is 42.7 Å². The van der Waals surface area contributed by atoms with Crippen molar-refractivity contribution in [3.05, 3.63) is 101 Å². The molecule has 6 heteroatoms. The zero-order chi connectivity index (χ0) is 35.5. The van der Waals surface area contributed by atoms with E-state index in [1.54, 1.807) is 0 Å². The van der Waals surface area contributed by atoms with Crippen LogP contribution in [0.3, 0.4) is 0 Å².